The van der Waals surface area contributed by atoms with Crippen molar-refractivity contribution in [2.24, 2.45) is 0 Å². The first-order valence-corrected chi connectivity index (χ1v) is 4.56. The average molecular weight is 169 g/mol. The van der Waals surface area contributed by atoms with Crippen LogP contribution in [0.2, 0.25) is 0 Å². The lowest BCUT2D eigenvalue weighted by molar-refractivity contribution is 0.184. The minimum atomic E-state index is 0.640. The number of nitrogens with zero attached hydrogens (tertiary/aromatic N) is 1. The minimum Gasteiger partial charge on any atom is -0.380 e. The molecule has 60 valence electrons. The second-order valence-corrected chi connectivity index (χ2v) is 3.05. The zero-order valence-electron chi connectivity index (χ0n) is 6.70. The molecular weight excluding hydrogens is 158 g/mol. The van der Waals surface area contributed by atoms with Crippen LogP contribution < -0.4 is 0 Å². The van der Waals surface area contributed by atoms with Crippen molar-refractivity contribution < 1.29 is 4.74 Å². The summed E-state index contributed by atoms with van der Waals surface area (Å²) in [5.74, 6) is 0. The Morgan fingerprint density at radius 1 is 1.55 bits per heavy atom. The Hall–Kier alpha value is -0.540. The van der Waals surface area contributed by atoms with Crippen LogP contribution in [0.4, 0.5) is 0 Å². The molecule has 0 atom stereocenters. The molecule has 0 radical (unpaired) electrons. The average Bonchev–Trinajstić information content (AvgIpc) is 2.06. The zero-order valence-corrected chi connectivity index (χ0v) is 7.52. The number of rotatable bonds is 3. The molecule has 0 N–H and O–H groups in total. The molecule has 3 heteroatoms. The Morgan fingerprint density at radius 2 is 2.36 bits per heavy atom. The van der Waals surface area contributed by atoms with Gasteiger partial charge in [-0.3, -0.25) is 4.98 Å². The SMILES string of the molecule is COCc1cncc(SC)c1. The zero-order chi connectivity index (χ0) is 8.10. The molecule has 2 nitrogen and oxygen atoms in total. The van der Waals surface area contributed by atoms with Gasteiger partial charge in [-0.25, -0.2) is 0 Å². The first-order valence-electron chi connectivity index (χ1n) is 3.33. The second-order valence-electron chi connectivity index (χ2n) is 2.17. The number of hydrogen-bond donors (Lipinski definition) is 0. The summed E-state index contributed by atoms with van der Waals surface area (Å²) in [7, 11) is 1.69. The Balaban J connectivity index is 2.74. The van der Waals surface area contributed by atoms with E-state index in [1.165, 1.54) is 4.90 Å². The van der Waals surface area contributed by atoms with E-state index in [-0.39, 0.29) is 0 Å². The molecule has 1 rings (SSSR count). The fourth-order valence-corrected chi connectivity index (χ4v) is 1.26. The van der Waals surface area contributed by atoms with E-state index < -0.39 is 0 Å². The lowest BCUT2D eigenvalue weighted by atomic mass is 10.3. The van der Waals surface area contributed by atoms with E-state index >= 15 is 0 Å². The molecule has 0 unspecified atom stereocenters. The van der Waals surface area contributed by atoms with Crippen LogP contribution in [0.25, 0.3) is 0 Å². The van der Waals surface area contributed by atoms with Crippen molar-refractivity contribution in [1.29, 1.82) is 0 Å². The van der Waals surface area contributed by atoms with Gasteiger partial charge in [0.25, 0.3) is 0 Å². The Morgan fingerprint density at radius 3 is 3.00 bits per heavy atom. The number of hydrogen-bond acceptors (Lipinski definition) is 3. The monoisotopic (exact) mass is 169 g/mol. The Labute approximate surface area is 71.0 Å². The molecule has 0 spiro atoms. The molecule has 0 saturated carbocycles. The minimum absolute atomic E-state index is 0.640. The van der Waals surface area contributed by atoms with E-state index in [4.69, 9.17) is 4.74 Å². The summed E-state index contributed by atoms with van der Waals surface area (Å²) in [5.41, 5.74) is 1.12. The van der Waals surface area contributed by atoms with Crippen molar-refractivity contribution in [2.45, 2.75) is 11.5 Å². The first kappa shape index (κ1) is 8.56. The molecule has 11 heavy (non-hydrogen) atoms. The van der Waals surface area contributed by atoms with Gasteiger partial charge >= 0.3 is 0 Å². The van der Waals surface area contributed by atoms with E-state index in [0.717, 1.165) is 5.56 Å². The summed E-state index contributed by atoms with van der Waals surface area (Å²) in [6.07, 6.45) is 5.71. The van der Waals surface area contributed by atoms with Gasteiger partial charge in [0, 0.05) is 24.4 Å². The standard InChI is InChI=1S/C8H11NOS/c1-10-6-7-3-8(11-2)5-9-4-7/h3-5H,6H2,1-2H3. The van der Waals surface area contributed by atoms with Crippen LogP contribution in [0.1, 0.15) is 5.56 Å². The highest BCUT2D eigenvalue weighted by atomic mass is 32.2. The van der Waals surface area contributed by atoms with Gasteiger partial charge in [0.1, 0.15) is 0 Å². The van der Waals surface area contributed by atoms with Gasteiger partial charge in [-0.15, -0.1) is 11.8 Å². The Bertz CT molecular complexity index is 227. The van der Waals surface area contributed by atoms with Crippen LogP contribution in [-0.4, -0.2) is 18.3 Å². The third-order valence-corrected chi connectivity index (χ3v) is 2.01. The van der Waals surface area contributed by atoms with Gasteiger partial charge in [0.05, 0.1) is 6.61 Å². The number of aromatic nitrogens is 1. The van der Waals surface area contributed by atoms with Crippen molar-refractivity contribution in [3.05, 3.63) is 24.0 Å². The molecule has 0 aliphatic rings. The maximum absolute atomic E-state index is 4.98. The van der Waals surface area contributed by atoms with Crippen LogP contribution in [-0.2, 0) is 11.3 Å². The van der Waals surface area contributed by atoms with Gasteiger partial charge in [0.15, 0.2) is 0 Å². The molecule has 1 heterocycles. The van der Waals surface area contributed by atoms with Crippen molar-refractivity contribution in [2.75, 3.05) is 13.4 Å². The highest BCUT2D eigenvalue weighted by Gasteiger charge is 1.93. The summed E-state index contributed by atoms with van der Waals surface area (Å²) in [4.78, 5) is 5.25. The van der Waals surface area contributed by atoms with E-state index in [9.17, 15) is 0 Å². The smallest absolute Gasteiger partial charge is 0.0728 e. The van der Waals surface area contributed by atoms with Crippen molar-refractivity contribution in [3.63, 3.8) is 0 Å². The van der Waals surface area contributed by atoms with Crippen LogP contribution in [0.5, 0.6) is 0 Å². The molecule has 0 saturated heterocycles. The van der Waals surface area contributed by atoms with Gasteiger partial charge < -0.3 is 4.74 Å². The summed E-state index contributed by atoms with van der Waals surface area (Å²) < 4.78 is 4.98. The van der Waals surface area contributed by atoms with E-state index in [1.54, 1.807) is 18.9 Å². The van der Waals surface area contributed by atoms with E-state index in [0.29, 0.717) is 6.61 Å². The third kappa shape index (κ3) is 2.52. The fourth-order valence-electron chi connectivity index (χ4n) is 0.821. The van der Waals surface area contributed by atoms with Crippen LogP contribution in [0.3, 0.4) is 0 Å². The van der Waals surface area contributed by atoms with E-state index in [2.05, 4.69) is 11.1 Å². The first-order chi connectivity index (χ1) is 5.36. The Kier molecular flexibility index (Phi) is 3.39. The van der Waals surface area contributed by atoms with Crippen LogP contribution in [0.15, 0.2) is 23.4 Å². The van der Waals surface area contributed by atoms with Gasteiger partial charge in [0.2, 0.25) is 0 Å². The lowest BCUT2D eigenvalue weighted by Crippen LogP contribution is -1.88. The van der Waals surface area contributed by atoms with Crippen molar-refractivity contribution >= 4 is 11.8 Å². The van der Waals surface area contributed by atoms with Crippen molar-refractivity contribution in [3.8, 4) is 0 Å². The normalized spacial score (nSPS) is 10.0. The molecule has 0 amide bonds. The maximum Gasteiger partial charge on any atom is 0.0728 e. The number of methoxy groups -OCH3 is 1. The molecule has 0 aromatic carbocycles. The second kappa shape index (κ2) is 4.36. The van der Waals surface area contributed by atoms with Gasteiger partial charge in [-0.05, 0) is 17.9 Å². The third-order valence-electron chi connectivity index (χ3n) is 1.32. The number of pyridine rings is 1. The molecule has 0 aliphatic carbocycles. The molecule has 1 aromatic heterocycles. The van der Waals surface area contributed by atoms with Crippen LogP contribution >= 0.6 is 11.8 Å². The molecule has 0 bridgehead atoms. The molecule has 0 fully saturated rings. The highest BCUT2D eigenvalue weighted by Crippen LogP contribution is 2.14. The molecule has 1 aromatic rings. The van der Waals surface area contributed by atoms with E-state index in [1.807, 2.05) is 18.6 Å². The van der Waals surface area contributed by atoms with Gasteiger partial charge in [-0.1, -0.05) is 0 Å². The fraction of sp³-hybridized carbons (Fsp3) is 0.375. The summed E-state index contributed by atoms with van der Waals surface area (Å²) in [6.45, 7) is 0.640. The van der Waals surface area contributed by atoms with Crippen molar-refractivity contribution in [1.82, 2.24) is 4.98 Å². The number of thioether (sulfide) groups is 1. The molecular formula is C8H11NOS. The largest absolute Gasteiger partial charge is 0.380 e. The topological polar surface area (TPSA) is 22.1 Å². The highest BCUT2D eigenvalue weighted by molar-refractivity contribution is 7.98. The summed E-state index contributed by atoms with van der Waals surface area (Å²) in [6, 6.07) is 2.08. The summed E-state index contributed by atoms with van der Waals surface area (Å²) in [5, 5.41) is 0. The quantitative estimate of drug-likeness (QED) is 0.646. The lowest BCUT2D eigenvalue weighted by Gasteiger charge is -1.99. The maximum atomic E-state index is 4.98. The van der Waals surface area contributed by atoms with Gasteiger partial charge in [-0.2, -0.15) is 0 Å². The number of ether oxygens (including phenoxy) is 1. The predicted octanol–water partition coefficient (Wildman–Crippen LogP) is 1.95. The van der Waals surface area contributed by atoms with Crippen LogP contribution in [0, 0.1) is 0 Å². The summed E-state index contributed by atoms with van der Waals surface area (Å²) >= 11 is 1.69. The molecule has 0 aliphatic heterocycles. The predicted molar refractivity (Wildman–Crippen MR) is 46.7 cm³/mol.